The number of piperazine rings is 1. The van der Waals surface area contributed by atoms with E-state index >= 15 is 0 Å². The summed E-state index contributed by atoms with van der Waals surface area (Å²) in [5, 5.41) is 16.0. The van der Waals surface area contributed by atoms with Gasteiger partial charge >= 0.3 is 0 Å². The van der Waals surface area contributed by atoms with Crippen LogP contribution < -0.4 is 10.2 Å². The maximum absolute atomic E-state index is 12.9. The van der Waals surface area contributed by atoms with Gasteiger partial charge in [0.25, 0.3) is 11.6 Å². The summed E-state index contributed by atoms with van der Waals surface area (Å²) in [4.78, 5) is 28.5. The minimum atomic E-state index is -0.275. The summed E-state index contributed by atoms with van der Waals surface area (Å²) in [6.07, 6.45) is 6.44. The van der Waals surface area contributed by atoms with E-state index in [1.54, 1.807) is 18.2 Å². The maximum atomic E-state index is 12.9. The molecule has 1 aliphatic heterocycles. The highest BCUT2D eigenvalue weighted by molar-refractivity contribution is 6.33. The maximum Gasteiger partial charge on any atom is 0.292 e. The SMILES string of the molecule is O=C(c1ccccc1Cl)N1CCN(c2ccc([N+](=O)[O-])c(NC3C4CC5CC(C4)CC3C5)c2)CC1. The summed E-state index contributed by atoms with van der Waals surface area (Å²) in [5.74, 6) is 2.94. The first kappa shape index (κ1) is 22.7. The van der Waals surface area contributed by atoms with Crippen LogP contribution in [0.4, 0.5) is 17.1 Å². The average Bonchev–Trinajstić information content (AvgIpc) is 2.85. The van der Waals surface area contributed by atoms with Gasteiger partial charge in [0.15, 0.2) is 0 Å². The molecule has 1 saturated heterocycles. The first-order valence-electron chi connectivity index (χ1n) is 12.8. The van der Waals surface area contributed by atoms with E-state index in [0.29, 0.717) is 60.3 Å². The van der Waals surface area contributed by atoms with E-state index < -0.39 is 0 Å². The van der Waals surface area contributed by atoms with E-state index in [4.69, 9.17) is 11.6 Å². The van der Waals surface area contributed by atoms with Gasteiger partial charge in [0.2, 0.25) is 0 Å². The molecule has 1 N–H and O–H groups in total. The first-order valence-corrected chi connectivity index (χ1v) is 13.2. The molecule has 0 spiro atoms. The van der Waals surface area contributed by atoms with E-state index in [0.717, 1.165) is 17.5 Å². The molecule has 0 atom stereocenters. The Morgan fingerprint density at radius 3 is 2.23 bits per heavy atom. The molecule has 8 heteroatoms. The average molecular weight is 495 g/mol. The van der Waals surface area contributed by atoms with Crippen molar-refractivity contribution in [2.75, 3.05) is 36.4 Å². The van der Waals surface area contributed by atoms with Crippen molar-refractivity contribution in [3.63, 3.8) is 0 Å². The Kier molecular flexibility index (Phi) is 5.83. The normalized spacial score (nSPS) is 29.3. The molecular weight excluding hydrogens is 464 g/mol. The van der Waals surface area contributed by atoms with E-state index in [1.807, 2.05) is 29.2 Å². The number of rotatable bonds is 5. The number of carbonyl (C=O) groups excluding carboxylic acids is 1. The topological polar surface area (TPSA) is 78.7 Å². The summed E-state index contributed by atoms with van der Waals surface area (Å²) < 4.78 is 0. The van der Waals surface area contributed by atoms with Crippen molar-refractivity contribution in [1.29, 1.82) is 0 Å². The molecule has 35 heavy (non-hydrogen) atoms. The van der Waals surface area contributed by atoms with Gasteiger partial charge in [0, 0.05) is 44.0 Å². The predicted molar refractivity (Wildman–Crippen MR) is 137 cm³/mol. The molecule has 4 saturated carbocycles. The minimum Gasteiger partial charge on any atom is -0.376 e. The lowest BCUT2D eigenvalue weighted by Crippen LogP contribution is -2.51. The number of anilines is 2. The Bertz CT molecular complexity index is 1120. The number of benzene rings is 2. The van der Waals surface area contributed by atoms with Gasteiger partial charge in [-0.25, -0.2) is 0 Å². The number of nitrogens with one attached hydrogen (secondary N) is 1. The molecule has 184 valence electrons. The number of carbonyl (C=O) groups is 1. The Morgan fingerprint density at radius 1 is 0.943 bits per heavy atom. The fourth-order valence-electron chi connectivity index (χ4n) is 7.31. The van der Waals surface area contributed by atoms with E-state index in [1.165, 1.54) is 32.1 Å². The summed E-state index contributed by atoms with van der Waals surface area (Å²) >= 11 is 6.23. The lowest BCUT2D eigenvalue weighted by molar-refractivity contribution is -0.384. The largest absolute Gasteiger partial charge is 0.376 e. The van der Waals surface area contributed by atoms with Crippen LogP contribution in [-0.2, 0) is 0 Å². The summed E-state index contributed by atoms with van der Waals surface area (Å²) in [6, 6.07) is 12.9. The molecule has 2 aromatic carbocycles. The Morgan fingerprint density at radius 2 is 1.60 bits per heavy atom. The van der Waals surface area contributed by atoms with Crippen LogP contribution in [0.25, 0.3) is 0 Å². The van der Waals surface area contributed by atoms with Crippen molar-refractivity contribution in [3.8, 4) is 0 Å². The van der Waals surface area contributed by atoms with Gasteiger partial charge in [-0.2, -0.15) is 0 Å². The fraction of sp³-hybridized carbons (Fsp3) is 0.519. The number of nitro benzene ring substituents is 1. The van der Waals surface area contributed by atoms with E-state index in [9.17, 15) is 14.9 Å². The van der Waals surface area contributed by atoms with Gasteiger partial charge in [-0.1, -0.05) is 23.7 Å². The van der Waals surface area contributed by atoms with Crippen LogP contribution in [0.1, 0.15) is 42.5 Å². The quantitative estimate of drug-likeness (QED) is 0.442. The van der Waals surface area contributed by atoms with Gasteiger partial charge in [-0.05, 0) is 80.0 Å². The summed E-state index contributed by atoms with van der Waals surface area (Å²) in [6.45, 7) is 2.51. The van der Waals surface area contributed by atoms with Crippen molar-refractivity contribution < 1.29 is 9.72 Å². The van der Waals surface area contributed by atoms with Crippen LogP contribution >= 0.6 is 11.6 Å². The third-order valence-corrected chi connectivity index (χ3v) is 9.09. The smallest absolute Gasteiger partial charge is 0.292 e. The highest BCUT2D eigenvalue weighted by atomic mass is 35.5. The van der Waals surface area contributed by atoms with Crippen LogP contribution in [-0.4, -0.2) is 48.0 Å². The van der Waals surface area contributed by atoms with Crippen molar-refractivity contribution in [2.45, 2.75) is 38.1 Å². The molecule has 4 aliphatic carbocycles. The van der Waals surface area contributed by atoms with Gasteiger partial charge in [-0.3, -0.25) is 14.9 Å². The summed E-state index contributed by atoms with van der Waals surface area (Å²) in [5.41, 5.74) is 2.28. The molecule has 5 aliphatic rings. The highest BCUT2D eigenvalue weighted by Crippen LogP contribution is 2.54. The second-order valence-corrected chi connectivity index (χ2v) is 11.2. The standard InChI is InChI=1S/C27H31ClN4O3/c28-23-4-2-1-3-22(23)27(33)31-9-7-30(8-10-31)21-5-6-25(32(34)35)24(16-21)29-26-19-12-17-11-18(14-19)15-20(26)13-17/h1-6,16-20,26,29H,7-15H2. The molecule has 4 bridgehead atoms. The van der Waals surface area contributed by atoms with Crippen molar-refractivity contribution in [2.24, 2.45) is 23.7 Å². The zero-order valence-corrected chi connectivity index (χ0v) is 20.5. The molecule has 2 aromatic rings. The number of nitro groups is 1. The second-order valence-electron chi connectivity index (χ2n) is 10.8. The molecular formula is C27H31ClN4O3. The fourth-order valence-corrected chi connectivity index (χ4v) is 7.53. The zero-order chi connectivity index (χ0) is 24.1. The molecule has 1 amide bonds. The molecule has 7 nitrogen and oxygen atoms in total. The second kappa shape index (κ2) is 9.01. The van der Waals surface area contributed by atoms with Crippen molar-refractivity contribution >= 4 is 34.6 Å². The van der Waals surface area contributed by atoms with Crippen molar-refractivity contribution in [3.05, 3.63) is 63.2 Å². The highest BCUT2D eigenvalue weighted by Gasteiger charge is 2.48. The zero-order valence-electron chi connectivity index (χ0n) is 19.7. The molecule has 1 heterocycles. The third kappa shape index (κ3) is 4.24. The van der Waals surface area contributed by atoms with Gasteiger partial charge < -0.3 is 15.1 Å². The molecule has 5 fully saturated rings. The number of halogens is 1. The van der Waals surface area contributed by atoms with Gasteiger partial charge in [0.1, 0.15) is 5.69 Å². The number of amides is 1. The van der Waals surface area contributed by atoms with E-state index in [-0.39, 0.29) is 16.5 Å². The summed E-state index contributed by atoms with van der Waals surface area (Å²) in [7, 11) is 0. The predicted octanol–water partition coefficient (Wildman–Crippen LogP) is 5.45. The van der Waals surface area contributed by atoms with Gasteiger partial charge in [-0.15, -0.1) is 0 Å². The minimum absolute atomic E-state index is 0.0526. The lowest BCUT2D eigenvalue weighted by atomic mass is 9.54. The van der Waals surface area contributed by atoms with Crippen LogP contribution in [0, 0.1) is 33.8 Å². The molecule has 7 rings (SSSR count). The molecule has 0 radical (unpaired) electrons. The van der Waals surface area contributed by atoms with Crippen LogP contribution in [0.2, 0.25) is 5.02 Å². The Labute approximate surface area is 210 Å². The number of nitrogens with zero attached hydrogens (tertiary/aromatic N) is 3. The number of hydrogen-bond acceptors (Lipinski definition) is 5. The molecule has 0 aromatic heterocycles. The van der Waals surface area contributed by atoms with Crippen LogP contribution in [0.5, 0.6) is 0 Å². The van der Waals surface area contributed by atoms with Crippen molar-refractivity contribution in [1.82, 2.24) is 4.90 Å². The van der Waals surface area contributed by atoms with Crippen LogP contribution in [0.15, 0.2) is 42.5 Å². The Balaban J connectivity index is 1.17. The van der Waals surface area contributed by atoms with Crippen LogP contribution in [0.3, 0.4) is 0 Å². The molecule has 0 unspecified atom stereocenters. The first-order chi connectivity index (χ1) is 17.0. The Hall–Kier alpha value is -2.80. The van der Waals surface area contributed by atoms with E-state index in [2.05, 4.69) is 10.2 Å². The monoisotopic (exact) mass is 494 g/mol. The third-order valence-electron chi connectivity index (χ3n) is 8.76. The van der Waals surface area contributed by atoms with Gasteiger partial charge in [0.05, 0.1) is 15.5 Å². The number of hydrogen-bond donors (Lipinski definition) is 1. The lowest BCUT2D eigenvalue weighted by Gasteiger charge is -2.54.